The van der Waals surface area contributed by atoms with E-state index in [1.165, 1.54) is 16.7 Å². The Bertz CT molecular complexity index is 1050. The maximum atomic E-state index is 6.42. The SMILES string of the molecule is ClC1=C2C=CN=C2C(C(c2ccccc2)(c2ccccc2)c2ccccc2)C=N1. The molecule has 0 fully saturated rings. The van der Waals surface area contributed by atoms with Gasteiger partial charge in [0.15, 0.2) is 0 Å². The molecule has 0 amide bonds. The molecule has 0 aliphatic carbocycles. The molecule has 29 heavy (non-hydrogen) atoms. The normalized spacial score (nSPS) is 18.0. The summed E-state index contributed by atoms with van der Waals surface area (Å²) in [4.78, 5) is 9.32. The van der Waals surface area contributed by atoms with Gasteiger partial charge in [0.25, 0.3) is 0 Å². The minimum Gasteiger partial charge on any atom is -0.260 e. The van der Waals surface area contributed by atoms with E-state index in [1.807, 2.05) is 18.5 Å². The van der Waals surface area contributed by atoms with Gasteiger partial charge >= 0.3 is 0 Å². The summed E-state index contributed by atoms with van der Waals surface area (Å²) in [6, 6.07) is 31.8. The van der Waals surface area contributed by atoms with Crippen LogP contribution in [0.3, 0.4) is 0 Å². The number of nitrogens with zero attached hydrogens (tertiary/aromatic N) is 2. The molecule has 0 radical (unpaired) electrons. The van der Waals surface area contributed by atoms with Crippen LogP contribution in [0.25, 0.3) is 0 Å². The second kappa shape index (κ2) is 7.31. The van der Waals surface area contributed by atoms with Crippen molar-refractivity contribution >= 4 is 23.5 Å². The number of halogens is 1. The highest BCUT2D eigenvalue weighted by molar-refractivity contribution is 6.35. The topological polar surface area (TPSA) is 24.7 Å². The van der Waals surface area contributed by atoms with Crippen LogP contribution in [0.1, 0.15) is 16.7 Å². The molecule has 2 nitrogen and oxygen atoms in total. The van der Waals surface area contributed by atoms with Crippen molar-refractivity contribution in [3.8, 4) is 0 Å². The lowest BCUT2D eigenvalue weighted by atomic mass is 9.60. The molecule has 1 unspecified atom stereocenters. The van der Waals surface area contributed by atoms with Gasteiger partial charge in [0.2, 0.25) is 0 Å². The van der Waals surface area contributed by atoms with Crippen molar-refractivity contribution < 1.29 is 0 Å². The van der Waals surface area contributed by atoms with Crippen LogP contribution in [0.5, 0.6) is 0 Å². The van der Waals surface area contributed by atoms with Gasteiger partial charge in [-0.1, -0.05) is 103 Å². The van der Waals surface area contributed by atoms with E-state index in [9.17, 15) is 0 Å². The first-order valence-corrected chi connectivity index (χ1v) is 10.0. The maximum Gasteiger partial charge on any atom is 0.137 e. The van der Waals surface area contributed by atoms with E-state index in [4.69, 9.17) is 16.6 Å². The standard InChI is InChI=1S/C26H19ClN2/c27-25-22-16-17-28-24(22)23(18-29-25)26(19-10-4-1-5-11-19,20-12-6-2-7-13-20)21-14-8-3-9-15-21/h1-18,23H. The molecule has 0 spiro atoms. The molecule has 140 valence electrons. The number of fused-ring (bicyclic) bond motifs is 1. The smallest absolute Gasteiger partial charge is 0.137 e. The number of allylic oxidation sites excluding steroid dienone is 2. The van der Waals surface area contributed by atoms with Gasteiger partial charge in [0.1, 0.15) is 5.16 Å². The molecule has 0 aromatic heterocycles. The van der Waals surface area contributed by atoms with E-state index in [-0.39, 0.29) is 5.92 Å². The largest absolute Gasteiger partial charge is 0.260 e. The minimum absolute atomic E-state index is 0.0952. The third kappa shape index (κ3) is 2.80. The molecular formula is C26H19ClN2. The van der Waals surface area contributed by atoms with Crippen molar-refractivity contribution in [2.45, 2.75) is 5.41 Å². The summed E-state index contributed by atoms with van der Waals surface area (Å²) >= 11 is 6.42. The fourth-order valence-electron chi connectivity index (χ4n) is 4.51. The van der Waals surface area contributed by atoms with Gasteiger partial charge < -0.3 is 0 Å². The molecule has 3 heteroatoms. The Morgan fingerprint density at radius 3 is 1.66 bits per heavy atom. The Morgan fingerprint density at radius 1 is 0.690 bits per heavy atom. The van der Waals surface area contributed by atoms with Crippen LogP contribution in [0, 0.1) is 5.92 Å². The molecule has 5 rings (SSSR count). The van der Waals surface area contributed by atoms with E-state index in [1.54, 1.807) is 0 Å². The van der Waals surface area contributed by atoms with E-state index < -0.39 is 5.41 Å². The third-order valence-electron chi connectivity index (χ3n) is 5.74. The minimum atomic E-state index is -0.485. The van der Waals surface area contributed by atoms with Gasteiger partial charge in [-0.2, -0.15) is 0 Å². The maximum absolute atomic E-state index is 6.42. The van der Waals surface area contributed by atoms with Gasteiger partial charge in [0, 0.05) is 18.0 Å². The van der Waals surface area contributed by atoms with Crippen LogP contribution in [0.2, 0.25) is 0 Å². The van der Waals surface area contributed by atoms with Crippen LogP contribution >= 0.6 is 11.6 Å². The number of rotatable bonds is 4. The highest BCUT2D eigenvalue weighted by atomic mass is 35.5. The predicted molar refractivity (Wildman–Crippen MR) is 121 cm³/mol. The first-order chi connectivity index (χ1) is 14.3. The Labute approximate surface area is 175 Å². The lowest BCUT2D eigenvalue weighted by Crippen LogP contribution is -2.44. The van der Waals surface area contributed by atoms with Gasteiger partial charge in [-0.25, -0.2) is 4.99 Å². The van der Waals surface area contributed by atoms with Crippen molar-refractivity contribution in [3.05, 3.63) is 131 Å². The number of hydrogen-bond acceptors (Lipinski definition) is 2. The summed E-state index contributed by atoms with van der Waals surface area (Å²) in [5, 5.41) is 0.497. The first kappa shape index (κ1) is 17.8. The molecule has 2 aliphatic rings. The molecule has 0 N–H and O–H groups in total. The lowest BCUT2D eigenvalue weighted by molar-refractivity contribution is 0.577. The summed E-state index contributed by atoms with van der Waals surface area (Å²) in [6.07, 6.45) is 5.73. The molecule has 3 aromatic rings. The van der Waals surface area contributed by atoms with Crippen LogP contribution in [-0.2, 0) is 5.41 Å². The molecule has 0 bridgehead atoms. The average molecular weight is 395 g/mol. The zero-order valence-electron chi connectivity index (χ0n) is 15.7. The summed E-state index contributed by atoms with van der Waals surface area (Å²) in [5.74, 6) is -0.0952. The quantitative estimate of drug-likeness (QED) is 0.375. The Morgan fingerprint density at radius 2 is 1.17 bits per heavy atom. The van der Waals surface area contributed by atoms with Crippen LogP contribution < -0.4 is 0 Å². The lowest BCUT2D eigenvalue weighted by Gasteiger charge is -2.42. The van der Waals surface area contributed by atoms with Crippen molar-refractivity contribution in [1.29, 1.82) is 0 Å². The van der Waals surface area contributed by atoms with E-state index in [2.05, 4.69) is 96.0 Å². The number of aliphatic imine (C=N–C) groups is 2. The fourth-order valence-corrected chi connectivity index (χ4v) is 4.72. The summed E-state index contributed by atoms with van der Waals surface area (Å²) in [7, 11) is 0. The van der Waals surface area contributed by atoms with Crippen molar-refractivity contribution in [3.63, 3.8) is 0 Å². The Hall–Kier alpha value is -3.23. The van der Waals surface area contributed by atoms with Crippen LogP contribution in [0.15, 0.2) is 124 Å². The second-order valence-electron chi connectivity index (χ2n) is 7.20. The van der Waals surface area contributed by atoms with E-state index in [0.717, 1.165) is 11.3 Å². The van der Waals surface area contributed by atoms with Crippen LogP contribution in [-0.4, -0.2) is 11.9 Å². The summed E-state index contributed by atoms with van der Waals surface area (Å²) < 4.78 is 0. The van der Waals surface area contributed by atoms with Gasteiger partial charge in [0.05, 0.1) is 17.0 Å². The fraction of sp³-hybridized carbons (Fsp3) is 0.0769. The molecule has 3 aromatic carbocycles. The Kier molecular flexibility index (Phi) is 4.49. The molecule has 1 atom stereocenters. The number of hydrogen-bond donors (Lipinski definition) is 0. The highest BCUT2D eigenvalue weighted by Crippen LogP contribution is 2.48. The molecule has 2 aliphatic heterocycles. The first-order valence-electron chi connectivity index (χ1n) is 9.67. The third-order valence-corrected chi connectivity index (χ3v) is 6.04. The molecular weight excluding hydrogens is 376 g/mol. The molecule has 0 saturated heterocycles. The van der Waals surface area contributed by atoms with Gasteiger partial charge in [-0.3, -0.25) is 4.99 Å². The van der Waals surface area contributed by atoms with Crippen LogP contribution in [0.4, 0.5) is 0 Å². The Balaban J connectivity index is 1.86. The number of benzene rings is 3. The molecule has 2 heterocycles. The van der Waals surface area contributed by atoms with Crippen molar-refractivity contribution in [2.24, 2.45) is 15.9 Å². The van der Waals surface area contributed by atoms with Crippen molar-refractivity contribution in [1.82, 2.24) is 0 Å². The monoisotopic (exact) mass is 394 g/mol. The van der Waals surface area contributed by atoms with E-state index >= 15 is 0 Å². The van der Waals surface area contributed by atoms with E-state index in [0.29, 0.717) is 5.16 Å². The van der Waals surface area contributed by atoms with Gasteiger partial charge in [-0.15, -0.1) is 0 Å². The second-order valence-corrected chi connectivity index (χ2v) is 7.55. The highest BCUT2D eigenvalue weighted by Gasteiger charge is 2.47. The summed E-state index contributed by atoms with van der Waals surface area (Å²) in [6.45, 7) is 0. The molecule has 0 saturated carbocycles. The zero-order valence-corrected chi connectivity index (χ0v) is 16.5. The summed E-state index contributed by atoms with van der Waals surface area (Å²) in [5.41, 5.74) is 4.97. The average Bonchev–Trinajstić information content (AvgIpc) is 3.29. The van der Waals surface area contributed by atoms with Gasteiger partial charge in [-0.05, 0) is 22.8 Å². The van der Waals surface area contributed by atoms with Crippen molar-refractivity contribution in [2.75, 3.05) is 0 Å². The predicted octanol–water partition coefficient (Wildman–Crippen LogP) is 6.14. The zero-order chi connectivity index (χ0) is 19.7.